The van der Waals surface area contributed by atoms with Crippen LogP contribution in [0.4, 0.5) is 0 Å². The average molecular weight is 360 g/mol. The first-order valence-corrected chi connectivity index (χ1v) is 8.44. The molecule has 0 saturated carbocycles. The molecule has 0 aliphatic carbocycles. The Hall–Kier alpha value is -2.70. The van der Waals surface area contributed by atoms with E-state index in [9.17, 15) is 9.59 Å². The maximum Gasteiger partial charge on any atom is 0.310 e. The molecule has 0 aliphatic rings. The molecule has 2 aromatic rings. The Bertz CT molecular complexity index is 759. The highest BCUT2D eigenvalue weighted by molar-refractivity contribution is 5.94. The normalized spacial score (nSPS) is 12.5. The standard InChI is InChI=1S/C19H24N2O5/c1-12(22)14-6-8-15(9-7-14)24-11-10-16(23)25-13(2)17-20-18(21-26-17)19(3,4)5/h6-9,13H,10-11H2,1-5H3. The number of benzene rings is 1. The molecule has 140 valence electrons. The molecule has 2 rings (SSSR count). The van der Waals surface area contributed by atoms with Crippen LogP contribution in [-0.4, -0.2) is 28.5 Å². The number of ether oxygens (including phenoxy) is 2. The van der Waals surface area contributed by atoms with Gasteiger partial charge in [0.1, 0.15) is 5.75 Å². The average Bonchev–Trinajstić information content (AvgIpc) is 3.05. The van der Waals surface area contributed by atoms with Gasteiger partial charge in [-0.15, -0.1) is 0 Å². The van der Waals surface area contributed by atoms with Gasteiger partial charge in [0.15, 0.2) is 17.7 Å². The molecule has 0 radical (unpaired) electrons. The molecule has 1 aromatic carbocycles. The molecule has 26 heavy (non-hydrogen) atoms. The summed E-state index contributed by atoms with van der Waals surface area (Å²) in [4.78, 5) is 27.4. The van der Waals surface area contributed by atoms with E-state index in [0.29, 0.717) is 17.1 Å². The van der Waals surface area contributed by atoms with Crippen LogP contribution in [0.3, 0.4) is 0 Å². The zero-order valence-corrected chi connectivity index (χ0v) is 15.7. The molecule has 1 heterocycles. The van der Waals surface area contributed by atoms with E-state index in [4.69, 9.17) is 14.0 Å². The van der Waals surface area contributed by atoms with Gasteiger partial charge >= 0.3 is 5.97 Å². The molecule has 0 bridgehead atoms. The Labute approximate surface area is 152 Å². The summed E-state index contributed by atoms with van der Waals surface area (Å²) in [5.41, 5.74) is 0.372. The van der Waals surface area contributed by atoms with E-state index >= 15 is 0 Å². The van der Waals surface area contributed by atoms with Crippen molar-refractivity contribution < 1.29 is 23.6 Å². The maximum absolute atomic E-state index is 11.9. The molecule has 0 amide bonds. The van der Waals surface area contributed by atoms with Crippen molar-refractivity contribution in [1.82, 2.24) is 10.1 Å². The summed E-state index contributed by atoms with van der Waals surface area (Å²) in [6, 6.07) is 6.75. The number of esters is 1. The lowest BCUT2D eigenvalue weighted by molar-refractivity contribution is -0.150. The third kappa shape index (κ3) is 5.40. The lowest BCUT2D eigenvalue weighted by atomic mass is 9.96. The number of aromatic nitrogens is 2. The molecule has 7 heteroatoms. The predicted molar refractivity (Wildman–Crippen MR) is 94.1 cm³/mol. The lowest BCUT2D eigenvalue weighted by Crippen LogP contribution is -2.15. The first-order valence-electron chi connectivity index (χ1n) is 8.44. The van der Waals surface area contributed by atoms with Crippen LogP contribution in [0.5, 0.6) is 5.75 Å². The molecule has 0 fully saturated rings. The van der Waals surface area contributed by atoms with Crippen molar-refractivity contribution in [3.05, 3.63) is 41.5 Å². The van der Waals surface area contributed by atoms with Crippen LogP contribution in [0.25, 0.3) is 0 Å². The van der Waals surface area contributed by atoms with E-state index in [0.717, 1.165) is 0 Å². The Morgan fingerprint density at radius 1 is 1.19 bits per heavy atom. The summed E-state index contributed by atoms with van der Waals surface area (Å²) in [5, 5.41) is 3.91. The van der Waals surface area contributed by atoms with Crippen molar-refractivity contribution in [2.24, 2.45) is 0 Å². The van der Waals surface area contributed by atoms with Gasteiger partial charge in [-0.1, -0.05) is 25.9 Å². The molecule has 1 unspecified atom stereocenters. The van der Waals surface area contributed by atoms with E-state index in [2.05, 4.69) is 10.1 Å². The maximum atomic E-state index is 11.9. The first kappa shape index (κ1) is 19.6. The smallest absolute Gasteiger partial charge is 0.310 e. The number of nitrogens with zero attached hydrogens (tertiary/aromatic N) is 2. The fraction of sp³-hybridized carbons (Fsp3) is 0.474. The summed E-state index contributed by atoms with van der Waals surface area (Å²) < 4.78 is 15.9. The second kappa shape index (κ2) is 8.12. The molecule has 0 aliphatic heterocycles. The second-order valence-corrected chi connectivity index (χ2v) is 7.02. The summed E-state index contributed by atoms with van der Waals surface area (Å²) >= 11 is 0. The number of hydrogen-bond donors (Lipinski definition) is 0. The zero-order chi connectivity index (χ0) is 19.3. The number of Topliss-reactive ketones (excluding diaryl/α,β-unsaturated/α-hetero) is 1. The van der Waals surface area contributed by atoms with Gasteiger partial charge in [-0.3, -0.25) is 9.59 Å². The monoisotopic (exact) mass is 360 g/mol. The van der Waals surface area contributed by atoms with Crippen molar-refractivity contribution in [3.8, 4) is 5.75 Å². The van der Waals surface area contributed by atoms with Crippen LogP contribution in [0.2, 0.25) is 0 Å². The largest absolute Gasteiger partial charge is 0.493 e. The number of ketones is 1. The number of hydrogen-bond acceptors (Lipinski definition) is 7. The third-order valence-corrected chi connectivity index (χ3v) is 3.60. The Balaban J connectivity index is 1.79. The highest BCUT2D eigenvalue weighted by Gasteiger charge is 2.24. The fourth-order valence-electron chi connectivity index (χ4n) is 2.05. The fourth-order valence-corrected chi connectivity index (χ4v) is 2.05. The van der Waals surface area contributed by atoms with Crippen molar-refractivity contribution in [2.45, 2.75) is 52.6 Å². The third-order valence-electron chi connectivity index (χ3n) is 3.60. The van der Waals surface area contributed by atoms with Crippen LogP contribution in [0, 0.1) is 0 Å². The topological polar surface area (TPSA) is 91.5 Å². The van der Waals surface area contributed by atoms with Gasteiger partial charge in [-0.2, -0.15) is 4.98 Å². The molecular formula is C19H24N2O5. The summed E-state index contributed by atoms with van der Waals surface area (Å²) in [5.74, 6) is 0.984. The minimum absolute atomic E-state index is 0.00948. The van der Waals surface area contributed by atoms with Crippen molar-refractivity contribution in [2.75, 3.05) is 6.61 Å². The summed E-state index contributed by atoms with van der Waals surface area (Å²) in [6.45, 7) is 9.26. The van der Waals surface area contributed by atoms with E-state index < -0.39 is 12.1 Å². The minimum atomic E-state index is -0.624. The molecule has 0 spiro atoms. The van der Waals surface area contributed by atoms with Gasteiger partial charge < -0.3 is 14.0 Å². The number of carbonyl (C=O) groups is 2. The van der Waals surface area contributed by atoms with Gasteiger partial charge in [0, 0.05) is 11.0 Å². The van der Waals surface area contributed by atoms with Gasteiger partial charge in [-0.05, 0) is 38.1 Å². The van der Waals surface area contributed by atoms with E-state index in [1.165, 1.54) is 6.92 Å². The minimum Gasteiger partial charge on any atom is -0.493 e. The van der Waals surface area contributed by atoms with Crippen molar-refractivity contribution in [1.29, 1.82) is 0 Å². The van der Waals surface area contributed by atoms with E-state index in [-0.39, 0.29) is 30.1 Å². The van der Waals surface area contributed by atoms with E-state index in [1.54, 1.807) is 31.2 Å². The number of carbonyl (C=O) groups excluding carboxylic acids is 2. The Morgan fingerprint density at radius 3 is 2.38 bits per heavy atom. The highest BCUT2D eigenvalue weighted by Crippen LogP contribution is 2.22. The number of rotatable bonds is 7. The lowest BCUT2D eigenvalue weighted by Gasteiger charge is -2.12. The summed E-state index contributed by atoms with van der Waals surface area (Å²) in [6.07, 6.45) is -0.542. The van der Waals surface area contributed by atoms with Gasteiger partial charge in [0.05, 0.1) is 13.0 Å². The Morgan fingerprint density at radius 2 is 1.85 bits per heavy atom. The highest BCUT2D eigenvalue weighted by atomic mass is 16.6. The summed E-state index contributed by atoms with van der Waals surface area (Å²) in [7, 11) is 0. The van der Waals surface area contributed by atoms with Gasteiger partial charge in [-0.25, -0.2) is 0 Å². The Kier molecular flexibility index (Phi) is 6.13. The predicted octanol–water partition coefficient (Wildman–Crippen LogP) is 3.64. The van der Waals surface area contributed by atoms with Crippen LogP contribution in [0.15, 0.2) is 28.8 Å². The first-order chi connectivity index (χ1) is 12.2. The molecule has 1 aromatic heterocycles. The van der Waals surface area contributed by atoms with Crippen LogP contribution < -0.4 is 4.74 Å². The molecule has 0 saturated heterocycles. The van der Waals surface area contributed by atoms with Crippen LogP contribution in [0.1, 0.15) is 69.2 Å². The molecule has 1 atom stereocenters. The SMILES string of the molecule is CC(=O)c1ccc(OCCC(=O)OC(C)c2nc(C(C)(C)C)no2)cc1. The molecular weight excluding hydrogens is 336 g/mol. The van der Waals surface area contributed by atoms with Crippen LogP contribution >= 0.6 is 0 Å². The van der Waals surface area contributed by atoms with Crippen LogP contribution in [-0.2, 0) is 14.9 Å². The quantitative estimate of drug-likeness (QED) is 0.550. The van der Waals surface area contributed by atoms with Crippen molar-refractivity contribution >= 4 is 11.8 Å². The van der Waals surface area contributed by atoms with E-state index in [1.807, 2.05) is 20.8 Å². The molecule has 7 nitrogen and oxygen atoms in total. The van der Waals surface area contributed by atoms with Gasteiger partial charge in [0.2, 0.25) is 0 Å². The second-order valence-electron chi connectivity index (χ2n) is 7.02. The zero-order valence-electron chi connectivity index (χ0n) is 15.7. The molecule has 0 N–H and O–H groups in total. The van der Waals surface area contributed by atoms with Gasteiger partial charge in [0.25, 0.3) is 5.89 Å². The van der Waals surface area contributed by atoms with Crippen molar-refractivity contribution in [3.63, 3.8) is 0 Å².